The van der Waals surface area contributed by atoms with Gasteiger partial charge in [-0.15, -0.1) is 0 Å². The molecule has 0 saturated heterocycles. The van der Waals surface area contributed by atoms with E-state index in [1.807, 2.05) is 0 Å². The highest BCUT2D eigenvalue weighted by molar-refractivity contribution is 6.01. The van der Waals surface area contributed by atoms with E-state index < -0.39 is 52.0 Å². The predicted molar refractivity (Wildman–Crippen MR) is 80.9 cm³/mol. The van der Waals surface area contributed by atoms with E-state index in [-0.39, 0.29) is 0 Å². The first-order chi connectivity index (χ1) is 10.4. The van der Waals surface area contributed by atoms with E-state index in [1.54, 1.807) is 0 Å². The van der Waals surface area contributed by atoms with Gasteiger partial charge in [-0.1, -0.05) is 0 Å². The van der Waals surface area contributed by atoms with E-state index in [1.165, 1.54) is 0 Å². The maximum atomic E-state index is 12.1. The average molecular weight is 350 g/mol. The molecular weight excluding hydrogens is 324 g/mol. The highest BCUT2D eigenvalue weighted by atomic mass is 16.4. The molecule has 6 atom stereocenters. The first-order valence-electron chi connectivity index (χ1n) is 7.26. The van der Waals surface area contributed by atoms with E-state index in [2.05, 4.69) is 0 Å². The van der Waals surface area contributed by atoms with Gasteiger partial charge in [0.1, 0.15) is 11.7 Å². The molecule has 0 bridgehead atoms. The Bertz CT molecular complexity index is 535. The van der Waals surface area contributed by atoms with Crippen LogP contribution < -0.4 is 0 Å². The summed E-state index contributed by atoms with van der Waals surface area (Å²) in [7, 11) is 0. The third kappa shape index (κ3) is 2.81. The fraction of sp³-hybridized carbons (Fsp3) is 0.800. The van der Waals surface area contributed by atoms with Crippen LogP contribution >= 0.6 is 0 Å². The molecule has 0 rings (SSSR count). The topological polar surface area (TPSA) is 173 Å². The van der Waals surface area contributed by atoms with Crippen LogP contribution in [0.5, 0.6) is 0 Å². The summed E-state index contributed by atoms with van der Waals surface area (Å²) in [6, 6.07) is 0. The van der Waals surface area contributed by atoms with Gasteiger partial charge in [-0.2, -0.15) is 0 Å². The third-order valence-corrected chi connectivity index (χ3v) is 4.71. The summed E-state index contributed by atoms with van der Waals surface area (Å²) in [5.74, 6) is -4.04. The lowest BCUT2D eigenvalue weighted by molar-refractivity contribution is -0.280. The third-order valence-electron chi connectivity index (χ3n) is 4.71. The van der Waals surface area contributed by atoms with Crippen LogP contribution in [-0.4, -0.2) is 82.6 Å². The molecule has 9 heteroatoms. The Morgan fingerprint density at radius 3 is 1.42 bits per heavy atom. The Hall–Kier alpha value is -1.23. The van der Waals surface area contributed by atoms with Crippen LogP contribution in [-0.2, 0) is 14.4 Å². The van der Waals surface area contributed by atoms with E-state index in [0.29, 0.717) is 20.8 Å². The minimum atomic E-state index is -3.46. The van der Waals surface area contributed by atoms with Crippen LogP contribution in [0.15, 0.2) is 0 Å². The average Bonchev–Trinajstić information content (AvgIpc) is 2.42. The van der Waals surface area contributed by atoms with Gasteiger partial charge in [0, 0.05) is 0 Å². The molecular formula is C15H26O9. The molecule has 0 heterocycles. The SMILES string of the molecule is CC(=O)[C@](O)([C@](C)(O)[C@@](C)(O)C(=O)C(C)O)[C@@](O)(C(C)=O)C(C)O. The standard InChI is InChI=1S/C15H26O9/c1-7(16)11(20)12(5,21)13(6,22)15(24,10(4)19)14(23,8(2)17)9(3)18/h7-8,16-17,21-24H,1-6H3/t7?,8?,12-,13+,14-,15-/m0/s1. The maximum Gasteiger partial charge on any atom is 0.195 e. The first kappa shape index (κ1) is 22.8. The van der Waals surface area contributed by atoms with Crippen molar-refractivity contribution in [2.75, 3.05) is 0 Å². The molecule has 0 amide bonds. The summed E-state index contributed by atoms with van der Waals surface area (Å²) in [6.07, 6.45) is -3.84. The molecule has 0 aromatic rings. The molecule has 0 spiro atoms. The first-order valence-corrected chi connectivity index (χ1v) is 7.26. The molecule has 0 fully saturated rings. The molecule has 0 aromatic heterocycles. The second-order valence-corrected chi connectivity index (χ2v) is 6.45. The lowest BCUT2D eigenvalue weighted by Crippen LogP contribution is -2.82. The van der Waals surface area contributed by atoms with Gasteiger partial charge < -0.3 is 30.6 Å². The Morgan fingerprint density at radius 2 is 1.21 bits per heavy atom. The van der Waals surface area contributed by atoms with Gasteiger partial charge >= 0.3 is 0 Å². The van der Waals surface area contributed by atoms with Gasteiger partial charge in [0.05, 0.1) is 6.10 Å². The number of rotatable bonds is 8. The maximum absolute atomic E-state index is 12.1. The van der Waals surface area contributed by atoms with Crippen molar-refractivity contribution in [1.29, 1.82) is 0 Å². The Balaban J connectivity index is 6.79. The van der Waals surface area contributed by atoms with Crippen LogP contribution in [0.3, 0.4) is 0 Å². The summed E-state index contributed by atoms with van der Waals surface area (Å²) < 4.78 is 0. The minimum Gasteiger partial charge on any atom is -0.390 e. The molecule has 0 saturated carbocycles. The summed E-state index contributed by atoms with van der Waals surface area (Å²) in [6.45, 7) is 4.67. The molecule has 6 N–H and O–H groups in total. The highest BCUT2D eigenvalue weighted by Gasteiger charge is 2.73. The zero-order valence-electron chi connectivity index (χ0n) is 14.6. The van der Waals surface area contributed by atoms with E-state index in [9.17, 15) is 45.0 Å². The van der Waals surface area contributed by atoms with Crippen LogP contribution in [0.2, 0.25) is 0 Å². The second kappa shape index (κ2) is 6.58. The number of carbonyl (C=O) groups is 3. The number of aliphatic hydroxyl groups is 6. The van der Waals surface area contributed by atoms with Gasteiger partial charge in [-0.25, -0.2) is 0 Å². The zero-order valence-corrected chi connectivity index (χ0v) is 14.6. The van der Waals surface area contributed by atoms with Crippen LogP contribution in [0, 0.1) is 0 Å². The Morgan fingerprint density at radius 1 is 0.833 bits per heavy atom. The molecule has 2 unspecified atom stereocenters. The van der Waals surface area contributed by atoms with E-state index in [0.717, 1.165) is 20.8 Å². The van der Waals surface area contributed by atoms with Crippen molar-refractivity contribution >= 4 is 17.3 Å². The molecule has 0 aliphatic carbocycles. The van der Waals surface area contributed by atoms with Crippen molar-refractivity contribution in [3.8, 4) is 0 Å². The van der Waals surface area contributed by atoms with Crippen molar-refractivity contribution in [3.05, 3.63) is 0 Å². The minimum absolute atomic E-state index is 0.644. The summed E-state index contributed by atoms with van der Waals surface area (Å²) in [4.78, 5) is 36.0. The van der Waals surface area contributed by atoms with Gasteiger partial charge in [0.2, 0.25) is 0 Å². The normalized spacial score (nSPS) is 24.5. The van der Waals surface area contributed by atoms with Gasteiger partial charge in [-0.3, -0.25) is 14.4 Å². The molecule has 9 nitrogen and oxygen atoms in total. The van der Waals surface area contributed by atoms with Crippen molar-refractivity contribution in [2.45, 2.75) is 76.2 Å². The largest absolute Gasteiger partial charge is 0.390 e. The summed E-state index contributed by atoms with van der Waals surface area (Å²) in [5.41, 5.74) is -12.8. The lowest BCUT2D eigenvalue weighted by atomic mass is 9.59. The van der Waals surface area contributed by atoms with E-state index in [4.69, 9.17) is 0 Å². The number of carbonyl (C=O) groups excluding carboxylic acids is 3. The van der Waals surface area contributed by atoms with Gasteiger partial charge in [0.25, 0.3) is 0 Å². The van der Waals surface area contributed by atoms with Crippen molar-refractivity contribution < 1.29 is 45.0 Å². The zero-order chi connectivity index (χ0) is 19.9. The molecule has 0 aliphatic heterocycles. The monoisotopic (exact) mass is 350 g/mol. The molecule has 0 aromatic carbocycles. The Kier molecular flexibility index (Phi) is 6.25. The molecule has 0 aliphatic rings. The van der Waals surface area contributed by atoms with Crippen LogP contribution in [0.1, 0.15) is 41.5 Å². The summed E-state index contributed by atoms with van der Waals surface area (Å²) >= 11 is 0. The Labute approximate surface area is 139 Å². The molecule has 24 heavy (non-hydrogen) atoms. The van der Waals surface area contributed by atoms with Crippen molar-refractivity contribution in [1.82, 2.24) is 0 Å². The second-order valence-electron chi connectivity index (χ2n) is 6.45. The highest BCUT2D eigenvalue weighted by Crippen LogP contribution is 2.43. The summed E-state index contributed by atoms with van der Waals surface area (Å²) in [5, 5.41) is 61.7. The number of ketones is 3. The smallest absolute Gasteiger partial charge is 0.195 e. The van der Waals surface area contributed by atoms with E-state index >= 15 is 0 Å². The molecule has 0 radical (unpaired) electrons. The van der Waals surface area contributed by atoms with Gasteiger partial charge in [-0.05, 0) is 41.5 Å². The quantitative estimate of drug-likeness (QED) is 0.276. The van der Waals surface area contributed by atoms with Gasteiger partial charge in [0.15, 0.2) is 34.2 Å². The number of Topliss-reactive ketones (excluding diaryl/α,β-unsaturated/α-hetero) is 3. The predicted octanol–water partition coefficient (Wildman–Crippen LogP) is -2.54. The van der Waals surface area contributed by atoms with Crippen LogP contribution in [0.4, 0.5) is 0 Å². The van der Waals surface area contributed by atoms with Crippen molar-refractivity contribution in [2.24, 2.45) is 0 Å². The number of hydrogen-bond acceptors (Lipinski definition) is 9. The molecule has 140 valence electrons. The number of aliphatic hydroxyl groups excluding tert-OH is 2. The van der Waals surface area contributed by atoms with Crippen LogP contribution in [0.25, 0.3) is 0 Å². The lowest BCUT2D eigenvalue weighted by Gasteiger charge is -2.53. The number of hydrogen-bond donors (Lipinski definition) is 6. The fourth-order valence-corrected chi connectivity index (χ4v) is 2.83. The van der Waals surface area contributed by atoms with Crippen molar-refractivity contribution in [3.63, 3.8) is 0 Å². The fourth-order valence-electron chi connectivity index (χ4n) is 2.83.